The van der Waals surface area contributed by atoms with Crippen LogP contribution in [0.15, 0.2) is 12.1 Å². The number of aliphatic hydroxyl groups excluding tert-OH is 1. The van der Waals surface area contributed by atoms with E-state index in [1.165, 1.54) is 11.1 Å². The average molecular weight is 247 g/mol. The molecule has 0 aliphatic rings. The molecule has 0 saturated heterocycles. The van der Waals surface area contributed by atoms with Crippen LogP contribution in [0.5, 0.6) is 0 Å². The van der Waals surface area contributed by atoms with Gasteiger partial charge in [0.05, 0.1) is 11.0 Å². The summed E-state index contributed by atoms with van der Waals surface area (Å²) in [6, 6.07) is 4.30. The lowest BCUT2D eigenvalue weighted by molar-refractivity contribution is 0.281. The molecule has 1 heterocycles. The smallest absolute Gasteiger partial charge is 0.203 e. The SMILES string of the molecule is CCNc1nc2cc(C)c(C)cc2n1CCCO. The molecule has 0 aliphatic carbocycles. The molecular weight excluding hydrogens is 226 g/mol. The molecular formula is C14H21N3O. The van der Waals surface area contributed by atoms with Crippen molar-refractivity contribution in [3.63, 3.8) is 0 Å². The van der Waals surface area contributed by atoms with Gasteiger partial charge in [-0.2, -0.15) is 0 Å². The van der Waals surface area contributed by atoms with Gasteiger partial charge in [0.1, 0.15) is 0 Å². The van der Waals surface area contributed by atoms with Crippen molar-refractivity contribution in [2.24, 2.45) is 0 Å². The second-order valence-corrected chi connectivity index (χ2v) is 4.62. The second-order valence-electron chi connectivity index (χ2n) is 4.62. The van der Waals surface area contributed by atoms with Crippen LogP contribution >= 0.6 is 0 Å². The lowest BCUT2D eigenvalue weighted by Crippen LogP contribution is -2.08. The molecule has 2 N–H and O–H groups in total. The van der Waals surface area contributed by atoms with Crippen LogP contribution in [-0.4, -0.2) is 27.8 Å². The fraction of sp³-hybridized carbons (Fsp3) is 0.500. The van der Waals surface area contributed by atoms with Crippen molar-refractivity contribution in [3.05, 3.63) is 23.3 Å². The Morgan fingerprint density at radius 2 is 2.00 bits per heavy atom. The Morgan fingerprint density at radius 1 is 1.28 bits per heavy atom. The minimum Gasteiger partial charge on any atom is -0.396 e. The lowest BCUT2D eigenvalue weighted by atomic mass is 10.1. The molecule has 1 aromatic heterocycles. The van der Waals surface area contributed by atoms with Crippen molar-refractivity contribution < 1.29 is 5.11 Å². The molecule has 0 spiro atoms. The Labute approximate surface area is 108 Å². The Balaban J connectivity index is 2.53. The van der Waals surface area contributed by atoms with Gasteiger partial charge in [0.15, 0.2) is 0 Å². The first kappa shape index (κ1) is 12.9. The standard InChI is InChI=1S/C14H21N3O/c1-4-15-14-16-12-8-10(2)11(3)9-13(12)17(14)6-5-7-18/h8-9,18H,4-7H2,1-3H3,(H,15,16). The highest BCUT2D eigenvalue weighted by Gasteiger charge is 2.10. The molecule has 0 amide bonds. The molecule has 0 fully saturated rings. The van der Waals surface area contributed by atoms with Gasteiger partial charge in [-0.25, -0.2) is 4.98 Å². The summed E-state index contributed by atoms with van der Waals surface area (Å²) in [5.41, 5.74) is 4.70. The highest BCUT2D eigenvalue weighted by Crippen LogP contribution is 2.23. The molecule has 98 valence electrons. The molecule has 0 radical (unpaired) electrons. The van der Waals surface area contributed by atoms with Crippen molar-refractivity contribution in [1.82, 2.24) is 9.55 Å². The van der Waals surface area contributed by atoms with Crippen molar-refractivity contribution in [3.8, 4) is 0 Å². The number of hydrogen-bond donors (Lipinski definition) is 2. The average Bonchev–Trinajstić information content (AvgIpc) is 2.65. The van der Waals surface area contributed by atoms with Crippen LogP contribution in [0.4, 0.5) is 5.95 Å². The number of nitrogens with one attached hydrogen (secondary N) is 1. The molecule has 4 nitrogen and oxygen atoms in total. The monoisotopic (exact) mass is 247 g/mol. The van der Waals surface area contributed by atoms with E-state index in [0.717, 1.165) is 36.5 Å². The van der Waals surface area contributed by atoms with Crippen LogP contribution in [0, 0.1) is 13.8 Å². The largest absolute Gasteiger partial charge is 0.396 e. The summed E-state index contributed by atoms with van der Waals surface area (Å²) in [6.45, 7) is 8.13. The van der Waals surface area contributed by atoms with Crippen molar-refractivity contribution in [2.75, 3.05) is 18.5 Å². The van der Waals surface area contributed by atoms with Gasteiger partial charge in [0, 0.05) is 19.7 Å². The normalized spacial score (nSPS) is 11.1. The number of anilines is 1. The van der Waals surface area contributed by atoms with Gasteiger partial charge in [-0.3, -0.25) is 0 Å². The van der Waals surface area contributed by atoms with Gasteiger partial charge in [-0.1, -0.05) is 0 Å². The fourth-order valence-electron chi connectivity index (χ4n) is 2.13. The Kier molecular flexibility index (Phi) is 3.87. The zero-order valence-corrected chi connectivity index (χ0v) is 11.3. The number of benzene rings is 1. The topological polar surface area (TPSA) is 50.1 Å². The Bertz CT molecular complexity index is 545. The summed E-state index contributed by atoms with van der Waals surface area (Å²) in [5.74, 6) is 0.894. The van der Waals surface area contributed by atoms with E-state index in [4.69, 9.17) is 5.11 Å². The molecule has 0 aliphatic heterocycles. The second kappa shape index (κ2) is 5.40. The van der Waals surface area contributed by atoms with Gasteiger partial charge in [0.2, 0.25) is 5.95 Å². The van der Waals surface area contributed by atoms with Crippen molar-refractivity contribution in [1.29, 1.82) is 0 Å². The molecule has 0 saturated carbocycles. The quantitative estimate of drug-likeness (QED) is 0.853. The summed E-state index contributed by atoms with van der Waals surface area (Å²) in [4.78, 5) is 4.63. The minimum absolute atomic E-state index is 0.204. The summed E-state index contributed by atoms with van der Waals surface area (Å²) in [7, 11) is 0. The van der Waals surface area contributed by atoms with Crippen LogP contribution in [-0.2, 0) is 6.54 Å². The zero-order chi connectivity index (χ0) is 13.1. The first-order chi connectivity index (χ1) is 8.67. The van der Waals surface area contributed by atoms with Crippen LogP contribution in [0.3, 0.4) is 0 Å². The van der Waals surface area contributed by atoms with Crippen LogP contribution in [0.2, 0.25) is 0 Å². The molecule has 4 heteroatoms. The maximum absolute atomic E-state index is 9.00. The van der Waals surface area contributed by atoms with Crippen LogP contribution in [0.1, 0.15) is 24.5 Å². The predicted octanol–water partition coefficient (Wildman–Crippen LogP) is 2.47. The number of hydrogen-bond acceptors (Lipinski definition) is 3. The fourth-order valence-corrected chi connectivity index (χ4v) is 2.13. The minimum atomic E-state index is 0.204. The number of imidazole rings is 1. The molecule has 2 rings (SSSR count). The number of nitrogens with zero attached hydrogens (tertiary/aromatic N) is 2. The van der Waals surface area contributed by atoms with Crippen molar-refractivity contribution >= 4 is 17.0 Å². The van der Waals surface area contributed by atoms with E-state index >= 15 is 0 Å². The molecule has 1 aromatic carbocycles. The Morgan fingerprint density at radius 3 is 2.67 bits per heavy atom. The highest BCUT2D eigenvalue weighted by atomic mass is 16.3. The Hall–Kier alpha value is -1.55. The maximum Gasteiger partial charge on any atom is 0.203 e. The van der Waals surface area contributed by atoms with Gasteiger partial charge >= 0.3 is 0 Å². The highest BCUT2D eigenvalue weighted by molar-refractivity contribution is 5.80. The predicted molar refractivity (Wildman–Crippen MR) is 75.1 cm³/mol. The van der Waals surface area contributed by atoms with E-state index in [1.54, 1.807) is 0 Å². The van der Waals surface area contributed by atoms with Gasteiger partial charge < -0.3 is 15.0 Å². The molecule has 2 aromatic rings. The molecule has 0 atom stereocenters. The van der Waals surface area contributed by atoms with E-state index in [2.05, 4.69) is 47.8 Å². The van der Waals surface area contributed by atoms with E-state index in [-0.39, 0.29) is 6.61 Å². The van der Waals surface area contributed by atoms with Crippen LogP contribution in [0.25, 0.3) is 11.0 Å². The molecule has 0 bridgehead atoms. The number of rotatable bonds is 5. The number of aliphatic hydroxyl groups is 1. The first-order valence-electron chi connectivity index (χ1n) is 6.49. The van der Waals surface area contributed by atoms with Crippen LogP contribution < -0.4 is 5.32 Å². The summed E-state index contributed by atoms with van der Waals surface area (Å²) in [6.07, 6.45) is 0.747. The number of fused-ring (bicyclic) bond motifs is 1. The summed E-state index contributed by atoms with van der Waals surface area (Å²) in [5, 5.41) is 12.3. The van der Waals surface area contributed by atoms with Crippen molar-refractivity contribution in [2.45, 2.75) is 33.7 Å². The molecule has 18 heavy (non-hydrogen) atoms. The van der Waals surface area contributed by atoms with Gasteiger partial charge in [-0.15, -0.1) is 0 Å². The third-order valence-corrected chi connectivity index (χ3v) is 3.24. The van der Waals surface area contributed by atoms with E-state index < -0.39 is 0 Å². The third-order valence-electron chi connectivity index (χ3n) is 3.24. The van der Waals surface area contributed by atoms with E-state index in [1.807, 2.05) is 0 Å². The van der Waals surface area contributed by atoms with Gasteiger partial charge in [0.25, 0.3) is 0 Å². The number of aromatic nitrogens is 2. The van der Waals surface area contributed by atoms with Gasteiger partial charge in [-0.05, 0) is 50.5 Å². The van der Waals surface area contributed by atoms with E-state index in [0.29, 0.717) is 0 Å². The summed E-state index contributed by atoms with van der Waals surface area (Å²) < 4.78 is 2.15. The van der Waals surface area contributed by atoms with E-state index in [9.17, 15) is 0 Å². The maximum atomic E-state index is 9.00. The third kappa shape index (κ3) is 2.34. The lowest BCUT2D eigenvalue weighted by Gasteiger charge is -2.09. The first-order valence-corrected chi connectivity index (χ1v) is 6.49. The zero-order valence-electron chi connectivity index (χ0n) is 11.3. The summed E-state index contributed by atoms with van der Waals surface area (Å²) >= 11 is 0. The molecule has 0 unspecified atom stereocenters. The number of aryl methyl sites for hydroxylation is 3.